The van der Waals surface area contributed by atoms with Crippen LogP contribution in [0.15, 0.2) is 4.99 Å². The number of nitrogens with two attached hydrogens (primary N) is 2. The number of hydrogen-bond acceptors (Lipinski definition) is 11. The molecule has 1 spiro atoms. The smallest absolute Gasteiger partial charge is 0.404 e. The minimum absolute atomic E-state index is 0.168. The summed E-state index contributed by atoms with van der Waals surface area (Å²) in [7, 11) is -4.91. The maximum Gasteiger partial charge on any atom is 0.404 e. The summed E-state index contributed by atoms with van der Waals surface area (Å²) in [5.41, 5.74) is 8.93. The Balaban J connectivity index is 2.00. The number of primary amides is 1. The highest BCUT2D eigenvalue weighted by molar-refractivity contribution is 7.80. The van der Waals surface area contributed by atoms with Gasteiger partial charge in [0.1, 0.15) is 30.9 Å². The summed E-state index contributed by atoms with van der Waals surface area (Å²) < 4.78 is 40.1. The van der Waals surface area contributed by atoms with Crippen LogP contribution in [-0.4, -0.2) is 94.4 Å². The van der Waals surface area contributed by atoms with Crippen molar-refractivity contribution in [2.24, 2.45) is 16.5 Å². The van der Waals surface area contributed by atoms with Crippen LogP contribution in [0.4, 0.5) is 4.79 Å². The number of guanidine groups is 2. The molecule has 5 atom stereocenters. The van der Waals surface area contributed by atoms with E-state index in [-0.39, 0.29) is 5.96 Å². The zero-order chi connectivity index (χ0) is 19.4. The summed E-state index contributed by atoms with van der Waals surface area (Å²) in [6.45, 7) is -0.893. The number of hydrogen-bond donors (Lipinski definition) is 7. The molecule has 3 heterocycles. The summed E-state index contributed by atoms with van der Waals surface area (Å²) >= 11 is 0. The molecule has 2 saturated heterocycles. The van der Waals surface area contributed by atoms with Crippen LogP contribution >= 0.6 is 0 Å². The molecule has 2 fully saturated rings. The molecule has 146 valence electrons. The van der Waals surface area contributed by atoms with E-state index < -0.39 is 65.6 Å². The third-order valence-electron chi connectivity index (χ3n) is 4.46. The lowest BCUT2D eigenvalue weighted by Crippen LogP contribution is -2.77. The minimum Gasteiger partial charge on any atom is -0.447 e. The largest absolute Gasteiger partial charge is 0.447 e. The summed E-state index contributed by atoms with van der Waals surface area (Å²) in [5.74, 6) is -0.740. The van der Waals surface area contributed by atoms with Gasteiger partial charge in [-0.3, -0.25) is 15.2 Å². The van der Waals surface area contributed by atoms with Crippen molar-refractivity contribution < 1.29 is 37.0 Å². The Bertz CT molecular complexity index is 773. The molecule has 0 saturated carbocycles. The third-order valence-corrected chi connectivity index (χ3v) is 4.95. The van der Waals surface area contributed by atoms with Crippen molar-refractivity contribution in [3.63, 3.8) is 0 Å². The van der Waals surface area contributed by atoms with E-state index in [4.69, 9.17) is 21.4 Å². The van der Waals surface area contributed by atoms with Crippen LogP contribution in [0.5, 0.6) is 0 Å². The molecular weight excluding hydrogens is 378 g/mol. The van der Waals surface area contributed by atoms with Gasteiger partial charge in [-0.25, -0.2) is 19.0 Å². The number of aliphatic hydroxyl groups is 1. The van der Waals surface area contributed by atoms with Gasteiger partial charge in [0.2, 0.25) is 5.96 Å². The standard InChI is InChI=1S/C10H17N7O8S/c11-7-14-5-3(2-24-9(13)19)17(20)8(12)16-1-4(25-26(21,22)23)6(18)10(5,16)15-7/h3-6,12,18,20H,1-2H2,(H2,13,19)(H3,11,14,15)(H,21,22,23). The van der Waals surface area contributed by atoms with Crippen molar-refractivity contribution >= 4 is 28.4 Å². The number of carbonyl (C=O) groups excluding carboxylic acids is 1. The minimum atomic E-state index is -4.91. The quantitative estimate of drug-likeness (QED) is 0.225. The van der Waals surface area contributed by atoms with Crippen LogP contribution < -0.4 is 16.8 Å². The van der Waals surface area contributed by atoms with Gasteiger partial charge in [-0.15, -0.1) is 0 Å². The van der Waals surface area contributed by atoms with Crippen LogP contribution in [0.3, 0.4) is 0 Å². The Morgan fingerprint density at radius 2 is 2.19 bits per heavy atom. The highest BCUT2D eigenvalue weighted by Crippen LogP contribution is 2.42. The van der Waals surface area contributed by atoms with Gasteiger partial charge < -0.3 is 31.5 Å². The summed E-state index contributed by atoms with van der Waals surface area (Å²) in [4.78, 5) is 16.0. The van der Waals surface area contributed by atoms with Crippen molar-refractivity contribution in [1.29, 1.82) is 5.41 Å². The van der Waals surface area contributed by atoms with Gasteiger partial charge in [0.15, 0.2) is 11.6 Å². The van der Waals surface area contributed by atoms with E-state index in [0.29, 0.717) is 5.06 Å². The lowest BCUT2D eigenvalue weighted by Gasteiger charge is -2.51. The molecule has 9 N–H and O–H groups in total. The summed E-state index contributed by atoms with van der Waals surface area (Å²) in [6, 6.07) is -2.27. The number of aliphatic imine (C=N–C) groups is 1. The van der Waals surface area contributed by atoms with E-state index in [1.807, 2.05) is 0 Å². The zero-order valence-electron chi connectivity index (χ0n) is 13.0. The molecule has 0 bridgehead atoms. The molecular formula is C10H17N7O8S. The SMILES string of the molecule is N=C1N(O)C(COC(N)=O)C2N=C(N)NC23C(O)C(OS(=O)(=O)O)CN13. The second-order valence-electron chi connectivity index (χ2n) is 5.89. The van der Waals surface area contributed by atoms with E-state index in [9.17, 15) is 23.5 Å². The van der Waals surface area contributed by atoms with Crippen LogP contribution in [0.25, 0.3) is 0 Å². The fraction of sp³-hybridized carbons (Fsp3) is 0.700. The van der Waals surface area contributed by atoms with Gasteiger partial charge in [-0.2, -0.15) is 8.42 Å². The van der Waals surface area contributed by atoms with E-state index >= 15 is 0 Å². The van der Waals surface area contributed by atoms with Crippen molar-refractivity contribution in [3.05, 3.63) is 0 Å². The highest BCUT2D eigenvalue weighted by atomic mass is 32.3. The monoisotopic (exact) mass is 395 g/mol. The normalized spacial score (nSPS) is 36.3. The lowest BCUT2D eigenvalue weighted by atomic mass is 9.87. The van der Waals surface area contributed by atoms with Gasteiger partial charge in [0, 0.05) is 0 Å². The topological polar surface area (TPSA) is 237 Å². The maximum atomic E-state index is 11.0. The number of aliphatic hydroxyl groups excluding tert-OH is 1. The first-order valence-corrected chi connectivity index (χ1v) is 8.55. The molecule has 16 heteroatoms. The molecule has 1 amide bonds. The first-order chi connectivity index (χ1) is 12.0. The predicted octanol–water partition coefficient (Wildman–Crippen LogP) is -4.06. The zero-order valence-corrected chi connectivity index (χ0v) is 13.8. The molecule has 0 aromatic rings. The Kier molecular flexibility index (Phi) is 4.11. The first-order valence-electron chi connectivity index (χ1n) is 7.19. The van der Waals surface area contributed by atoms with Gasteiger partial charge in [-0.1, -0.05) is 0 Å². The van der Waals surface area contributed by atoms with Crippen LogP contribution in [0.2, 0.25) is 0 Å². The third kappa shape index (κ3) is 2.67. The van der Waals surface area contributed by atoms with Crippen molar-refractivity contribution in [1.82, 2.24) is 15.3 Å². The van der Waals surface area contributed by atoms with Crippen molar-refractivity contribution in [3.8, 4) is 0 Å². The fourth-order valence-corrected chi connectivity index (χ4v) is 4.01. The molecule has 15 nitrogen and oxygen atoms in total. The second-order valence-corrected chi connectivity index (χ2v) is 6.94. The Morgan fingerprint density at radius 1 is 1.54 bits per heavy atom. The number of amides is 1. The molecule has 0 aliphatic carbocycles. The Labute approximate surface area is 146 Å². The first kappa shape index (κ1) is 18.4. The van der Waals surface area contributed by atoms with Crippen LogP contribution in [-0.2, 0) is 19.3 Å². The summed E-state index contributed by atoms with van der Waals surface area (Å²) in [6.07, 6.45) is -4.28. The molecule has 5 unspecified atom stereocenters. The molecule has 26 heavy (non-hydrogen) atoms. The van der Waals surface area contributed by atoms with Crippen molar-refractivity contribution in [2.75, 3.05) is 13.2 Å². The molecule has 0 aromatic carbocycles. The van der Waals surface area contributed by atoms with Gasteiger partial charge in [0.05, 0.1) is 6.54 Å². The number of ether oxygens (including phenoxy) is 1. The lowest BCUT2D eigenvalue weighted by molar-refractivity contribution is -0.140. The predicted molar refractivity (Wildman–Crippen MR) is 81.1 cm³/mol. The molecule has 0 radical (unpaired) electrons. The Hall–Kier alpha value is -2.40. The molecule has 0 aromatic heterocycles. The van der Waals surface area contributed by atoms with E-state index in [1.165, 1.54) is 0 Å². The van der Waals surface area contributed by atoms with Crippen LogP contribution in [0, 0.1) is 5.41 Å². The number of hydroxylamine groups is 2. The van der Waals surface area contributed by atoms with E-state index in [1.54, 1.807) is 0 Å². The van der Waals surface area contributed by atoms with Crippen molar-refractivity contribution in [2.45, 2.75) is 30.0 Å². The number of rotatable bonds is 4. The molecule has 3 aliphatic rings. The number of nitrogens with one attached hydrogen (secondary N) is 2. The average Bonchev–Trinajstić information content (AvgIpc) is 2.98. The van der Waals surface area contributed by atoms with Crippen LogP contribution in [0.1, 0.15) is 0 Å². The number of carbonyl (C=O) groups is 1. The van der Waals surface area contributed by atoms with Gasteiger partial charge >= 0.3 is 16.5 Å². The second kappa shape index (κ2) is 5.81. The fourth-order valence-electron chi connectivity index (χ4n) is 3.53. The molecule has 3 aliphatic heterocycles. The Morgan fingerprint density at radius 3 is 2.77 bits per heavy atom. The molecule has 3 rings (SSSR count). The van der Waals surface area contributed by atoms with E-state index in [0.717, 1.165) is 4.90 Å². The van der Waals surface area contributed by atoms with E-state index in [2.05, 4.69) is 19.2 Å². The average molecular weight is 395 g/mol. The van der Waals surface area contributed by atoms with Gasteiger partial charge in [0.25, 0.3) is 0 Å². The maximum absolute atomic E-state index is 11.0. The number of nitrogens with zero attached hydrogens (tertiary/aromatic N) is 3. The highest BCUT2D eigenvalue weighted by Gasteiger charge is 2.68. The van der Waals surface area contributed by atoms with Gasteiger partial charge in [-0.05, 0) is 0 Å². The summed E-state index contributed by atoms with van der Waals surface area (Å²) in [5, 5.41) is 32.1.